The number of carbonyl (C=O) groups excluding carboxylic acids is 1. The maximum atomic E-state index is 10.5. The predicted molar refractivity (Wildman–Crippen MR) is 51.6 cm³/mol. The molecule has 1 aromatic carbocycles. The van der Waals surface area contributed by atoms with E-state index < -0.39 is 0 Å². The number of benzene rings is 1. The van der Waals surface area contributed by atoms with Gasteiger partial charge in [0.2, 0.25) is 5.91 Å². The zero-order valence-corrected chi connectivity index (χ0v) is 7.62. The van der Waals surface area contributed by atoms with Crippen molar-refractivity contribution >= 4 is 11.6 Å². The predicted octanol–water partition coefficient (Wildman–Crippen LogP) is 1.66. The van der Waals surface area contributed by atoms with Crippen LogP contribution in [0.15, 0.2) is 30.3 Å². The number of nitrogens with one attached hydrogen (secondary N) is 1. The number of rotatable bonds is 1. The first-order valence-corrected chi connectivity index (χ1v) is 4.19. The molecule has 1 aromatic rings. The minimum atomic E-state index is -0.0359. The summed E-state index contributed by atoms with van der Waals surface area (Å²) in [4.78, 5) is 10.5. The van der Waals surface area contributed by atoms with Crippen LogP contribution in [-0.4, -0.2) is 19.1 Å². The summed E-state index contributed by atoms with van der Waals surface area (Å²) in [6.07, 6.45) is 0. The molecular formula is C10H13NO2. The molecular weight excluding hydrogens is 166 g/mol. The summed E-state index contributed by atoms with van der Waals surface area (Å²) in [6, 6.07) is 9.37. The quantitative estimate of drug-likeness (QED) is 0.666. The number of amides is 1. The van der Waals surface area contributed by atoms with Crippen molar-refractivity contribution in [2.75, 3.05) is 18.5 Å². The molecule has 0 atom stereocenters. The second-order valence-corrected chi connectivity index (χ2v) is 2.66. The Hall–Kier alpha value is -1.35. The molecule has 1 saturated heterocycles. The van der Waals surface area contributed by atoms with Gasteiger partial charge in [-0.25, -0.2) is 0 Å². The Bertz CT molecular complexity index is 254. The molecule has 1 aliphatic rings. The Morgan fingerprint density at radius 3 is 2.23 bits per heavy atom. The first-order valence-electron chi connectivity index (χ1n) is 4.19. The zero-order valence-electron chi connectivity index (χ0n) is 7.62. The average molecular weight is 179 g/mol. The van der Waals surface area contributed by atoms with Gasteiger partial charge in [0.25, 0.3) is 0 Å². The maximum Gasteiger partial charge on any atom is 0.221 e. The number of epoxide rings is 1. The van der Waals surface area contributed by atoms with E-state index in [1.165, 1.54) is 6.92 Å². The highest BCUT2D eigenvalue weighted by Gasteiger charge is 1.94. The summed E-state index contributed by atoms with van der Waals surface area (Å²) in [5.41, 5.74) is 0.843. The van der Waals surface area contributed by atoms with Gasteiger partial charge < -0.3 is 10.1 Å². The third kappa shape index (κ3) is 5.87. The summed E-state index contributed by atoms with van der Waals surface area (Å²) in [5, 5.41) is 2.67. The topological polar surface area (TPSA) is 41.6 Å². The molecule has 1 aliphatic heterocycles. The van der Waals surface area contributed by atoms with E-state index in [1.54, 1.807) is 0 Å². The lowest BCUT2D eigenvalue weighted by atomic mass is 10.3. The number of hydrogen-bond donors (Lipinski definition) is 1. The van der Waals surface area contributed by atoms with Crippen molar-refractivity contribution in [3.63, 3.8) is 0 Å². The molecule has 70 valence electrons. The van der Waals surface area contributed by atoms with Gasteiger partial charge in [-0.1, -0.05) is 18.2 Å². The van der Waals surface area contributed by atoms with E-state index in [0.29, 0.717) is 0 Å². The van der Waals surface area contributed by atoms with Gasteiger partial charge in [0.1, 0.15) is 0 Å². The van der Waals surface area contributed by atoms with E-state index in [4.69, 9.17) is 0 Å². The van der Waals surface area contributed by atoms with Crippen molar-refractivity contribution in [2.24, 2.45) is 0 Å². The van der Waals surface area contributed by atoms with Crippen LogP contribution in [0, 0.1) is 0 Å². The molecule has 1 fully saturated rings. The zero-order chi connectivity index (χ0) is 9.52. The first-order chi connectivity index (χ1) is 6.29. The van der Waals surface area contributed by atoms with E-state index in [2.05, 4.69) is 10.1 Å². The number of hydrogen-bond acceptors (Lipinski definition) is 2. The highest BCUT2D eigenvalue weighted by molar-refractivity contribution is 5.88. The lowest BCUT2D eigenvalue weighted by Gasteiger charge is -1.98. The van der Waals surface area contributed by atoms with E-state index in [1.807, 2.05) is 30.3 Å². The van der Waals surface area contributed by atoms with Crippen LogP contribution in [0.1, 0.15) is 6.92 Å². The number of anilines is 1. The van der Waals surface area contributed by atoms with Gasteiger partial charge in [0, 0.05) is 12.6 Å². The minimum Gasteiger partial charge on any atom is -0.377 e. The number of para-hydroxylation sites is 1. The molecule has 1 heterocycles. The van der Waals surface area contributed by atoms with E-state index in [-0.39, 0.29) is 5.91 Å². The standard InChI is InChI=1S/C8H9NO.C2H4O/c1-7(10)9-8-5-3-2-4-6-8;1-2-3-1/h2-6H,1H3,(H,9,10);1-2H2. The molecule has 3 nitrogen and oxygen atoms in total. The Labute approximate surface area is 77.7 Å². The molecule has 3 heteroatoms. The summed E-state index contributed by atoms with van der Waals surface area (Å²) in [5.74, 6) is -0.0359. The Morgan fingerprint density at radius 2 is 1.85 bits per heavy atom. The van der Waals surface area contributed by atoms with E-state index >= 15 is 0 Å². The largest absolute Gasteiger partial charge is 0.377 e. The molecule has 2 rings (SSSR count). The van der Waals surface area contributed by atoms with Gasteiger partial charge >= 0.3 is 0 Å². The first kappa shape index (κ1) is 9.74. The maximum absolute atomic E-state index is 10.5. The Morgan fingerprint density at radius 1 is 1.31 bits per heavy atom. The van der Waals surface area contributed by atoms with Crippen molar-refractivity contribution in [1.29, 1.82) is 0 Å². The molecule has 0 aromatic heterocycles. The van der Waals surface area contributed by atoms with Crippen LogP contribution < -0.4 is 5.32 Å². The smallest absolute Gasteiger partial charge is 0.221 e. The highest BCUT2D eigenvalue weighted by atomic mass is 16.6. The Balaban J connectivity index is 0.000000236. The fraction of sp³-hybridized carbons (Fsp3) is 0.300. The van der Waals surface area contributed by atoms with Gasteiger partial charge in [-0.2, -0.15) is 0 Å². The van der Waals surface area contributed by atoms with E-state index in [9.17, 15) is 4.79 Å². The molecule has 13 heavy (non-hydrogen) atoms. The van der Waals surface area contributed by atoms with Crippen LogP contribution in [0.4, 0.5) is 5.69 Å². The van der Waals surface area contributed by atoms with Crippen LogP contribution in [0.2, 0.25) is 0 Å². The summed E-state index contributed by atoms with van der Waals surface area (Å²) in [7, 11) is 0. The minimum absolute atomic E-state index is 0.0359. The molecule has 0 radical (unpaired) electrons. The molecule has 0 aliphatic carbocycles. The molecule has 0 bridgehead atoms. The third-order valence-corrected chi connectivity index (χ3v) is 1.30. The van der Waals surface area contributed by atoms with Crippen molar-refractivity contribution in [2.45, 2.75) is 6.92 Å². The van der Waals surface area contributed by atoms with Crippen LogP contribution >= 0.6 is 0 Å². The van der Waals surface area contributed by atoms with Gasteiger partial charge in [-0.15, -0.1) is 0 Å². The highest BCUT2D eigenvalue weighted by Crippen LogP contribution is 2.03. The van der Waals surface area contributed by atoms with Crippen molar-refractivity contribution < 1.29 is 9.53 Å². The third-order valence-electron chi connectivity index (χ3n) is 1.30. The van der Waals surface area contributed by atoms with Crippen molar-refractivity contribution in [3.05, 3.63) is 30.3 Å². The summed E-state index contributed by atoms with van der Waals surface area (Å²) < 4.78 is 4.50. The SMILES string of the molecule is C1CO1.CC(=O)Nc1ccccc1. The summed E-state index contributed by atoms with van der Waals surface area (Å²) >= 11 is 0. The van der Waals surface area contributed by atoms with Gasteiger partial charge in [-0.05, 0) is 12.1 Å². The summed E-state index contributed by atoms with van der Waals surface area (Å²) in [6.45, 7) is 3.49. The molecule has 0 unspecified atom stereocenters. The van der Waals surface area contributed by atoms with Crippen LogP contribution in [0.3, 0.4) is 0 Å². The van der Waals surface area contributed by atoms with Crippen molar-refractivity contribution in [3.8, 4) is 0 Å². The number of carbonyl (C=O) groups is 1. The van der Waals surface area contributed by atoms with Crippen LogP contribution in [-0.2, 0) is 9.53 Å². The molecule has 1 amide bonds. The van der Waals surface area contributed by atoms with Gasteiger partial charge in [0.05, 0.1) is 13.2 Å². The fourth-order valence-electron chi connectivity index (χ4n) is 0.725. The molecule has 1 N–H and O–H groups in total. The fourth-order valence-corrected chi connectivity index (χ4v) is 0.725. The normalized spacial score (nSPS) is 12.4. The Kier molecular flexibility index (Phi) is 3.99. The second kappa shape index (κ2) is 5.32. The van der Waals surface area contributed by atoms with Crippen LogP contribution in [0.5, 0.6) is 0 Å². The van der Waals surface area contributed by atoms with Crippen LogP contribution in [0.25, 0.3) is 0 Å². The number of ether oxygens (including phenoxy) is 1. The van der Waals surface area contributed by atoms with E-state index in [0.717, 1.165) is 18.9 Å². The average Bonchev–Trinajstić information content (AvgIpc) is 2.90. The van der Waals surface area contributed by atoms with Crippen molar-refractivity contribution in [1.82, 2.24) is 0 Å². The molecule has 0 spiro atoms. The monoisotopic (exact) mass is 179 g/mol. The van der Waals surface area contributed by atoms with Gasteiger partial charge in [-0.3, -0.25) is 4.79 Å². The molecule has 0 saturated carbocycles. The van der Waals surface area contributed by atoms with Gasteiger partial charge in [0.15, 0.2) is 0 Å². The second-order valence-electron chi connectivity index (χ2n) is 2.66. The lowest BCUT2D eigenvalue weighted by molar-refractivity contribution is -0.114. The lowest BCUT2D eigenvalue weighted by Crippen LogP contribution is -2.04.